The molecule has 0 aliphatic carbocycles. The molecular formula is C20H33NO3. The van der Waals surface area contributed by atoms with Crippen molar-refractivity contribution >= 4 is 0 Å². The summed E-state index contributed by atoms with van der Waals surface area (Å²) in [4.78, 5) is 2.31. The molecule has 3 atom stereocenters. The summed E-state index contributed by atoms with van der Waals surface area (Å²) in [6.45, 7) is 7.60. The van der Waals surface area contributed by atoms with E-state index in [1.807, 2.05) is 6.07 Å². The Morgan fingerprint density at radius 1 is 1.04 bits per heavy atom. The molecule has 1 fully saturated rings. The van der Waals surface area contributed by atoms with Gasteiger partial charge >= 0.3 is 0 Å². The lowest BCUT2D eigenvalue weighted by Crippen LogP contribution is -2.41. The van der Waals surface area contributed by atoms with Crippen molar-refractivity contribution in [2.45, 2.75) is 64.3 Å². The number of nitrogens with zero attached hydrogens (tertiary/aromatic N) is 1. The van der Waals surface area contributed by atoms with Crippen LogP contribution in [0.3, 0.4) is 0 Å². The third-order valence-corrected chi connectivity index (χ3v) is 4.68. The fourth-order valence-corrected chi connectivity index (χ4v) is 3.25. The van der Waals surface area contributed by atoms with E-state index in [1.54, 1.807) is 0 Å². The second-order valence-electron chi connectivity index (χ2n) is 6.62. The van der Waals surface area contributed by atoms with Crippen LogP contribution in [0.4, 0.5) is 0 Å². The fraction of sp³-hybridized carbons (Fsp3) is 0.700. The van der Waals surface area contributed by atoms with Crippen molar-refractivity contribution < 1.29 is 14.6 Å². The molecule has 0 aromatic heterocycles. The van der Waals surface area contributed by atoms with Gasteiger partial charge in [-0.15, -0.1) is 0 Å². The van der Waals surface area contributed by atoms with Crippen LogP contribution in [0.5, 0.6) is 0 Å². The quantitative estimate of drug-likeness (QED) is 0.631. The normalized spacial score (nSPS) is 24.5. The Hall–Kier alpha value is -0.940. The molecule has 4 heteroatoms. The van der Waals surface area contributed by atoms with Crippen molar-refractivity contribution in [2.24, 2.45) is 0 Å². The Kier molecular flexibility index (Phi) is 8.75. The predicted octanol–water partition coefficient (Wildman–Crippen LogP) is 3.23. The Morgan fingerprint density at radius 3 is 2.33 bits per heavy atom. The van der Waals surface area contributed by atoms with Gasteiger partial charge in [0.05, 0.1) is 18.8 Å². The molecule has 1 aliphatic heterocycles. The molecule has 1 saturated heterocycles. The van der Waals surface area contributed by atoms with E-state index < -0.39 is 0 Å². The molecule has 4 nitrogen and oxygen atoms in total. The number of aliphatic hydroxyl groups is 1. The van der Waals surface area contributed by atoms with Crippen molar-refractivity contribution in [1.29, 1.82) is 0 Å². The highest BCUT2D eigenvalue weighted by molar-refractivity contribution is 5.15. The van der Waals surface area contributed by atoms with E-state index in [4.69, 9.17) is 9.47 Å². The molecule has 1 aromatic rings. The van der Waals surface area contributed by atoms with Crippen molar-refractivity contribution in [3.63, 3.8) is 0 Å². The molecule has 1 aromatic carbocycles. The molecule has 2 rings (SSSR count). The van der Waals surface area contributed by atoms with E-state index in [0.29, 0.717) is 0 Å². The third kappa shape index (κ3) is 5.55. The van der Waals surface area contributed by atoms with Crippen LogP contribution in [-0.4, -0.2) is 54.6 Å². The molecule has 24 heavy (non-hydrogen) atoms. The van der Waals surface area contributed by atoms with Gasteiger partial charge in [-0.05, 0) is 18.4 Å². The van der Waals surface area contributed by atoms with Crippen molar-refractivity contribution in [1.82, 2.24) is 4.90 Å². The standard InChI is InChI=1S/C20H33NO3/c1-3-5-12-23-19-15-21(14-17-10-8-7-9-11-17)18(16-22)20(19)24-13-6-4-2/h7-11,18-20,22H,3-6,12-16H2,1-2H3/t18-,19-,20-/m1/s1. The lowest BCUT2D eigenvalue weighted by molar-refractivity contribution is -0.0658. The molecule has 0 amide bonds. The maximum absolute atomic E-state index is 9.95. The van der Waals surface area contributed by atoms with E-state index in [-0.39, 0.29) is 24.9 Å². The van der Waals surface area contributed by atoms with Gasteiger partial charge in [-0.1, -0.05) is 57.0 Å². The largest absolute Gasteiger partial charge is 0.395 e. The molecule has 0 saturated carbocycles. The number of unbranched alkanes of at least 4 members (excludes halogenated alkanes) is 2. The van der Waals surface area contributed by atoms with Crippen LogP contribution in [0.2, 0.25) is 0 Å². The molecule has 0 unspecified atom stereocenters. The number of benzene rings is 1. The average Bonchev–Trinajstić information content (AvgIpc) is 2.93. The minimum atomic E-state index is -0.0397. The van der Waals surface area contributed by atoms with Gasteiger partial charge < -0.3 is 14.6 Å². The Bertz CT molecular complexity index is 440. The number of aliphatic hydroxyl groups excluding tert-OH is 1. The highest BCUT2D eigenvalue weighted by Crippen LogP contribution is 2.26. The third-order valence-electron chi connectivity index (χ3n) is 4.68. The second-order valence-corrected chi connectivity index (χ2v) is 6.62. The molecule has 0 radical (unpaired) electrons. The first-order valence-electron chi connectivity index (χ1n) is 9.42. The van der Waals surface area contributed by atoms with Gasteiger partial charge in [-0.25, -0.2) is 0 Å². The number of ether oxygens (including phenoxy) is 2. The summed E-state index contributed by atoms with van der Waals surface area (Å²) < 4.78 is 12.2. The zero-order valence-electron chi connectivity index (χ0n) is 15.2. The summed E-state index contributed by atoms with van der Waals surface area (Å²) in [6.07, 6.45) is 4.38. The molecule has 1 heterocycles. The first-order valence-corrected chi connectivity index (χ1v) is 9.42. The van der Waals surface area contributed by atoms with Crippen LogP contribution in [0.1, 0.15) is 45.1 Å². The summed E-state index contributed by atoms with van der Waals surface area (Å²) in [6, 6.07) is 10.4. The number of hydrogen-bond donors (Lipinski definition) is 1. The summed E-state index contributed by atoms with van der Waals surface area (Å²) in [5.74, 6) is 0. The first-order chi connectivity index (χ1) is 11.8. The smallest absolute Gasteiger partial charge is 0.103 e. The first kappa shape index (κ1) is 19.4. The SMILES string of the molecule is CCCCO[C@@H]1[C@@H](CO)N(Cc2ccccc2)C[C@H]1OCCCC. The maximum Gasteiger partial charge on any atom is 0.103 e. The van der Waals surface area contributed by atoms with Gasteiger partial charge in [0.2, 0.25) is 0 Å². The number of likely N-dealkylation sites (tertiary alicyclic amines) is 1. The van der Waals surface area contributed by atoms with Crippen molar-refractivity contribution in [3.8, 4) is 0 Å². The van der Waals surface area contributed by atoms with Gasteiger partial charge in [0, 0.05) is 26.3 Å². The predicted molar refractivity (Wildman–Crippen MR) is 97.0 cm³/mol. The van der Waals surface area contributed by atoms with E-state index in [1.165, 1.54) is 5.56 Å². The summed E-state index contributed by atoms with van der Waals surface area (Å²) in [7, 11) is 0. The summed E-state index contributed by atoms with van der Waals surface area (Å²) in [5, 5.41) is 9.95. The second kappa shape index (κ2) is 10.8. The monoisotopic (exact) mass is 335 g/mol. The molecule has 1 N–H and O–H groups in total. The zero-order valence-corrected chi connectivity index (χ0v) is 15.2. The van der Waals surface area contributed by atoms with Gasteiger partial charge in [0.25, 0.3) is 0 Å². The minimum absolute atomic E-state index is 0.00805. The van der Waals surface area contributed by atoms with Crippen LogP contribution in [0.15, 0.2) is 30.3 Å². The van der Waals surface area contributed by atoms with Crippen LogP contribution >= 0.6 is 0 Å². The van der Waals surface area contributed by atoms with Gasteiger partial charge in [0.1, 0.15) is 6.10 Å². The minimum Gasteiger partial charge on any atom is -0.395 e. The van der Waals surface area contributed by atoms with Crippen molar-refractivity contribution in [3.05, 3.63) is 35.9 Å². The van der Waals surface area contributed by atoms with Gasteiger partial charge in [-0.3, -0.25) is 4.90 Å². The Labute approximate surface area is 146 Å². The van der Waals surface area contributed by atoms with Crippen molar-refractivity contribution in [2.75, 3.05) is 26.4 Å². The molecule has 0 spiro atoms. The molecule has 136 valence electrons. The maximum atomic E-state index is 9.95. The summed E-state index contributed by atoms with van der Waals surface area (Å²) in [5.41, 5.74) is 1.26. The number of rotatable bonds is 11. The van der Waals surface area contributed by atoms with E-state index >= 15 is 0 Å². The van der Waals surface area contributed by atoms with Gasteiger partial charge in [0.15, 0.2) is 0 Å². The number of hydrogen-bond acceptors (Lipinski definition) is 4. The highest BCUT2D eigenvalue weighted by Gasteiger charge is 2.42. The van der Waals surface area contributed by atoms with E-state index in [9.17, 15) is 5.11 Å². The fourth-order valence-electron chi connectivity index (χ4n) is 3.25. The molecular weight excluding hydrogens is 302 g/mol. The summed E-state index contributed by atoms with van der Waals surface area (Å²) >= 11 is 0. The van der Waals surface area contributed by atoms with Crippen LogP contribution < -0.4 is 0 Å². The van der Waals surface area contributed by atoms with E-state index in [0.717, 1.165) is 52.0 Å². The van der Waals surface area contributed by atoms with Crippen LogP contribution in [0.25, 0.3) is 0 Å². The van der Waals surface area contributed by atoms with Crippen LogP contribution in [0, 0.1) is 0 Å². The Morgan fingerprint density at radius 2 is 1.71 bits per heavy atom. The molecule has 0 bridgehead atoms. The lowest BCUT2D eigenvalue weighted by Gasteiger charge is -2.27. The lowest BCUT2D eigenvalue weighted by atomic mass is 10.1. The Balaban J connectivity index is 2.01. The van der Waals surface area contributed by atoms with Crippen LogP contribution in [-0.2, 0) is 16.0 Å². The topological polar surface area (TPSA) is 41.9 Å². The zero-order chi connectivity index (χ0) is 17.2. The average molecular weight is 335 g/mol. The van der Waals surface area contributed by atoms with Gasteiger partial charge in [-0.2, -0.15) is 0 Å². The highest BCUT2D eigenvalue weighted by atomic mass is 16.5. The molecule has 1 aliphatic rings. The van der Waals surface area contributed by atoms with E-state index in [2.05, 4.69) is 43.0 Å².